The molecule has 0 aromatic rings. The molecule has 10 heteroatoms. The highest BCUT2D eigenvalue weighted by molar-refractivity contribution is 7.82. The molecule has 2 heterocycles. The summed E-state index contributed by atoms with van der Waals surface area (Å²) in [4.78, 5) is 11.4. The van der Waals surface area contributed by atoms with Crippen molar-refractivity contribution in [3.05, 3.63) is 0 Å². The first-order valence-corrected chi connectivity index (χ1v) is 9.96. The SMILES string of the molecule is O=CC1(S(=O)ON2CCC(COCCCC(F)(F)F)CC2)CCOCC1. The standard InChI is InChI=1S/C16H26F3NO5S/c17-16(18,19)4-1-9-24-12-14-2-7-20(8-3-14)25-26(22)15(13-21)5-10-23-11-6-15/h13-14H,1-12H2. The number of nitrogens with zero attached hydrogens (tertiary/aromatic N) is 1. The Bertz CT molecular complexity index is 463. The predicted molar refractivity (Wildman–Crippen MR) is 88.5 cm³/mol. The molecule has 0 radical (unpaired) electrons. The van der Waals surface area contributed by atoms with E-state index in [-0.39, 0.29) is 18.9 Å². The van der Waals surface area contributed by atoms with Crippen LogP contribution in [-0.4, -0.2) is 66.0 Å². The highest BCUT2D eigenvalue weighted by Crippen LogP contribution is 2.28. The summed E-state index contributed by atoms with van der Waals surface area (Å²) in [6.45, 7) is 2.40. The maximum atomic E-state index is 12.5. The van der Waals surface area contributed by atoms with E-state index in [1.807, 2.05) is 0 Å². The molecule has 152 valence electrons. The van der Waals surface area contributed by atoms with Gasteiger partial charge in [0.25, 0.3) is 0 Å². The summed E-state index contributed by atoms with van der Waals surface area (Å²) >= 11 is -1.75. The van der Waals surface area contributed by atoms with Crippen LogP contribution in [-0.2, 0) is 29.6 Å². The summed E-state index contributed by atoms with van der Waals surface area (Å²) in [5, 5.41) is 1.61. The van der Waals surface area contributed by atoms with Crippen molar-refractivity contribution in [3.8, 4) is 0 Å². The van der Waals surface area contributed by atoms with E-state index < -0.39 is 28.4 Å². The van der Waals surface area contributed by atoms with E-state index in [0.717, 1.165) is 12.8 Å². The van der Waals surface area contributed by atoms with Crippen molar-refractivity contribution in [1.82, 2.24) is 5.06 Å². The van der Waals surface area contributed by atoms with Gasteiger partial charge >= 0.3 is 6.18 Å². The molecule has 0 amide bonds. The van der Waals surface area contributed by atoms with Crippen molar-refractivity contribution in [1.29, 1.82) is 0 Å². The van der Waals surface area contributed by atoms with Crippen molar-refractivity contribution in [2.24, 2.45) is 5.92 Å². The Morgan fingerprint density at radius 3 is 2.46 bits per heavy atom. The van der Waals surface area contributed by atoms with Crippen molar-refractivity contribution in [2.75, 3.05) is 39.5 Å². The molecule has 1 unspecified atom stereocenters. The van der Waals surface area contributed by atoms with Gasteiger partial charge < -0.3 is 14.3 Å². The Labute approximate surface area is 153 Å². The van der Waals surface area contributed by atoms with Crippen LogP contribution >= 0.6 is 0 Å². The third-order valence-corrected chi connectivity index (χ3v) is 6.25. The van der Waals surface area contributed by atoms with E-state index in [4.69, 9.17) is 13.8 Å². The summed E-state index contributed by atoms with van der Waals surface area (Å²) in [6.07, 6.45) is -2.02. The molecule has 0 aromatic carbocycles. The molecule has 26 heavy (non-hydrogen) atoms. The Hall–Kier alpha value is -0.550. The monoisotopic (exact) mass is 401 g/mol. The first kappa shape index (κ1) is 21.7. The molecule has 2 aliphatic rings. The maximum absolute atomic E-state index is 12.5. The number of alkyl halides is 3. The number of hydrogen-bond acceptors (Lipinski definition) is 6. The van der Waals surface area contributed by atoms with Gasteiger partial charge in [0.1, 0.15) is 11.0 Å². The number of hydroxylamine groups is 2. The molecule has 0 bridgehead atoms. The number of halogens is 3. The van der Waals surface area contributed by atoms with Crippen molar-refractivity contribution < 1.29 is 35.9 Å². The van der Waals surface area contributed by atoms with Crippen LogP contribution in [0.4, 0.5) is 13.2 Å². The van der Waals surface area contributed by atoms with Gasteiger partial charge in [-0.3, -0.25) is 0 Å². The minimum absolute atomic E-state index is 0.0259. The van der Waals surface area contributed by atoms with Crippen LogP contribution < -0.4 is 0 Å². The number of ether oxygens (including phenoxy) is 2. The minimum Gasteiger partial charge on any atom is -0.381 e. The first-order chi connectivity index (χ1) is 12.3. The normalized spacial score (nSPS) is 23.7. The Morgan fingerprint density at radius 2 is 1.88 bits per heavy atom. The lowest BCUT2D eigenvalue weighted by molar-refractivity contribution is -0.138. The largest absolute Gasteiger partial charge is 0.389 e. The quantitative estimate of drug-likeness (QED) is 0.437. The van der Waals surface area contributed by atoms with Crippen LogP contribution in [0.25, 0.3) is 0 Å². The van der Waals surface area contributed by atoms with E-state index >= 15 is 0 Å². The number of hydrogen-bond donors (Lipinski definition) is 0. The zero-order chi connectivity index (χ0) is 19.0. The summed E-state index contributed by atoms with van der Waals surface area (Å²) in [6, 6.07) is 0. The number of carbonyl (C=O) groups is 1. The zero-order valence-corrected chi connectivity index (χ0v) is 15.5. The molecule has 0 saturated carbocycles. The molecule has 0 aromatic heterocycles. The Balaban J connectivity index is 1.63. The van der Waals surface area contributed by atoms with Crippen LogP contribution in [0.3, 0.4) is 0 Å². The van der Waals surface area contributed by atoms with Crippen LogP contribution in [0, 0.1) is 5.92 Å². The molecular formula is C16H26F3NO5S. The fourth-order valence-electron chi connectivity index (χ4n) is 2.99. The molecule has 2 fully saturated rings. The van der Waals surface area contributed by atoms with Gasteiger partial charge in [-0.25, -0.2) is 4.21 Å². The number of aldehydes is 1. The molecule has 0 aliphatic carbocycles. The van der Waals surface area contributed by atoms with Crippen molar-refractivity contribution in [3.63, 3.8) is 0 Å². The van der Waals surface area contributed by atoms with Crippen molar-refractivity contribution in [2.45, 2.75) is 49.4 Å². The fourth-order valence-corrected chi connectivity index (χ4v) is 4.05. The zero-order valence-electron chi connectivity index (χ0n) is 14.7. The smallest absolute Gasteiger partial charge is 0.381 e. The Kier molecular flexibility index (Phi) is 8.46. The number of rotatable bonds is 9. The molecule has 0 spiro atoms. The van der Waals surface area contributed by atoms with Gasteiger partial charge in [0.05, 0.1) is 0 Å². The lowest BCUT2D eigenvalue weighted by Crippen LogP contribution is -2.46. The summed E-state index contributed by atoms with van der Waals surface area (Å²) in [7, 11) is 0. The first-order valence-electron chi connectivity index (χ1n) is 8.88. The van der Waals surface area contributed by atoms with Gasteiger partial charge in [-0.15, -0.1) is 0 Å². The number of carbonyl (C=O) groups excluding carboxylic acids is 1. The molecular weight excluding hydrogens is 375 g/mol. The highest BCUT2D eigenvalue weighted by Gasteiger charge is 2.41. The van der Waals surface area contributed by atoms with E-state index in [1.54, 1.807) is 5.06 Å². The molecule has 0 N–H and O–H groups in total. The molecule has 2 aliphatic heterocycles. The molecule has 2 rings (SSSR count). The minimum atomic E-state index is -4.13. The molecule has 2 saturated heterocycles. The van der Waals surface area contributed by atoms with E-state index in [1.165, 1.54) is 0 Å². The third-order valence-electron chi connectivity index (χ3n) is 4.73. The second-order valence-corrected chi connectivity index (χ2v) is 8.20. The van der Waals surface area contributed by atoms with Crippen LogP contribution in [0.5, 0.6) is 0 Å². The van der Waals surface area contributed by atoms with Gasteiger partial charge in [0, 0.05) is 45.9 Å². The van der Waals surface area contributed by atoms with Gasteiger partial charge in [-0.05, 0) is 38.0 Å². The van der Waals surface area contributed by atoms with Gasteiger partial charge in [-0.1, -0.05) is 0 Å². The highest BCUT2D eigenvalue weighted by atomic mass is 32.2. The van der Waals surface area contributed by atoms with Gasteiger partial charge in [0.15, 0.2) is 11.1 Å². The van der Waals surface area contributed by atoms with Crippen LogP contribution in [0.2, 0.25) is 0 Å². The van der Waals surface area contributed by atoms with Crippen LogP contribution in [0.15, 0.2) is 0 Å². The summed E-state index contributed by atoms with van der Waals surface area (Å²) < 4.78 is 63.7. The van der Waals surface area contributed by atoms with E-state index in [2.05, 4.69) is 0 Å². The van der Waals surface area contributed by atoms with E-state index in [0.29, 0.717) is 52.0 Å². The van der Waals surface area contributed by atoms with Gasteiger partial charge in [0.2, 0.25) is 0 Å². The average molecular weight is 401 g/mol. The Morgan fingerprint density at radius 1 is 1.23 bits per heavy atom. The summed E-state index contributed by atoms with van der Waals surface area (Å²) in [5.41, 5.74) is 0. The van der Waals surface area contributed by atoms with Crippen molar-refractivity contribution >= 4 is 17.4 Å². The topological polar surface area (TPSA) is 65.1 Å². The average Bonchev–Trinajstić information content (AvgIpc) is 2.62. The van der Waals surface area contributed by atoms with Gasteiger partial charge in [-0.2, -0.15) is 22.5 Å². The third kappa shape index (κ3) is 6.88. The lowest BCUT2D eigenvalue weighted by atomic mass is 9.99. The molecule has 1 atom stereocenters. The maximum Gasteiger partial charge on any atom is 0.389 e. The predicted octanol–water partition coefficient (Wildman–Crippen LogP) is 2.40. The molecule has 6 nitrogen and oxygen atoms in total. The van der Waals surface area contributed by atoms with Crippen LogP contribution in [0.1, 0.15) is 38.5 Å². The fraction of sp³-hybridized carbons (Fsp3) is 0.938. The lowest BCUT2D eigenvalue weighted by Gasteiger charge is -2.34. The number of piperidine rings is 1. The summed E-state index contributed by atoms with van der Waals surface area (Å²) in [5.74, 6) is 0.247. The second-order valence-electron chi connectivity index (χ2n) is 6.77. The second kappa shape index (κ2) is 10.1. The van der Waals surface area contributed by atoms with E-state index in [9.17, 15) is 22.2 Å².